The molecular weight excluding hydrogens is 295 g/mol. The highest BCUT2D eigenvalue weighted by atomic mass is 19.1. The zero-order chi connectivity index (χ0) is 16.2. The first kappa shape index (κ1) is 15.0. The zero-order valence-corrected chi connectivity index (χ0v) is 12.3. The Labute approximate surface area is 133 Å². The van der Waals surface area contributed by atoms with E-state index in [1.807, 2.05) is 6.07 Å². The van der Waals surface area contributed by atoms with Crippen molar-refractivity contribution in [3.8, 4) is 11.8 Å². The lowest BCUT2D eigenvalue weighted by Crippen LogP contribution is -2.33. The third-order valence-corrected chi connectivity index (χ3v) is 3.57. The predicted octanol–water partition coefficient (Wildman–Crippen LogP) is 3.10. The van der Waals surface area contributed by atoms with E-state index < -0.39 is 6.10 Å². The quantitative estimate of drug-likeness (QED) is 0.923. The Morgan fingerprint density at radius 1 is 1.17 bits per heavy atom. The molecule has 4 nitrogen and oxygen atoms in total. The molecule has 0 bridgehead atoms. The monoisotopic (exact) mass is 310 g/mol. The maximum absolute atomic E-state index is 13.1. The summed E-state index contributed by atoms with van der Waals surface area (Å²) < 4.78 is 18.9. The molecule has 0 unspecified atom stereocenters. The molecule has 1 amide bonds. The van der Waals surface area contributed by atoms with E-state index >= 15 is 0 Å². The van der Waals surface area contributed by atoms with Gasteiger partial charge in [0, 0.05) is 11.6 Å². The first-order chi connectivity index (χ1) is 11.2. The van der Waals surface area contributed by atoms with Crippen molar-refractivity contribution in [1.29, 1.82) is 5.26 Å². The van der Waals surface area contributed by atoms with Gasteiger partial charge in [-0.15, -0.1) is 0 Å². The minimum absolute atomic E-state index is 0.204. The maximum atomic E-state index is 13.1. The van der Waals surface area contributed by atoms with E-state index in [1.165, 1.54) is 24.3 Å². The van der Waals surface area contributed by atoms with E-state index in [2.05, 4.69) is 5.32 Å². The van der Waals surface area contributed by atoms with Gasteiger partial charge >= 0.3 is 0 Å². The van der Waals surface area contributed by atoms with Gasteiger partial charge in [-0.1, -0.05) is 12.1 Å². The van der Waals surface area contributed by atoms with E-state index in [0.717, 1.165) is 12.8 Å². The second-order valence-electron chi connectivity index (χ2n) is 5.47. The van der Waals surface area contributed by atoms with Crippen LogP contribution in [0.2, 0.25) is 0 Å². The van der Waals surface area contributed by atoms with E-state index in [9.17, 15) is 9.18 Å². The Hall–Kier alpha value is -2.87. The molecule has 0 heterocycles. The van der Waals surface area contributed by atoms with Crippen molar-refractivity contribution in [2.75, 3.05) is 0 Å². The molecule has 0 saturated heterocycles. The van der Waals surface area contributed by atoms with Crippen LogP contribution in [0.3, 0.4) is 0 Å². The van der Waals surface area contributed by atoms with Crippen LogP contribution in [0.25, 0.3) is 0 Å². The van der Waals surface area contributed by atoms with Crippen molar-refractivity contribution < 1.29 is 13.9 Å². The molecule has 0 aromatic heterocycles. The standard InChI is InChI=1S/C18H15FN2O2/c19-14-5-3-13(4-6-14)17(18(22)21-15-7-8-15)23-16-9-1-12(11-20)2-10-16/h1-6,9-10,15,17H,7-8H2,(H,21,22)/t17-/m1/s1. The molecule has 0 spiro atoms. The molecule has 23 heavy (non-hydrogen) atoms. The van der Waals surface area contributed by atoms with Crippen LogP contribution in [0.15, 0.2) is 48.5 Å². The first-order valence-corrected chi connectivity index (χ1v) is 7.38. The van der Waals surface area contributed by atoms with E-state index in [1.54, 1.807) is 24.3 Å². The molecule has 1 N–H and O–H groups in total. The SMILES string of the molecule is N#Cc1ccc(O[C@@H](C(=O)NC2CC2)c2ccc(F)cc2)cc1. The highest BCUT2D eigenvalue weighted by Crippen LogP contribution is 2.25. The molecule has 3 rings (SSSR count). The van der Waals surface area contributed by atoms with Crippen LogP contribution >= 0.6 is 0 Å². The second-order valence-corrected chi connectivity index (χ2v) is 5.47. The number of hydrogen-bond donors (Lipinski definition) is 1. The number of nitrogens with one attached hydrogen (secondary N) is 1. The van der Waals surface area contributed by atoms with Gasteiger partial charge in [0.15, 0.2) is 0 Å². The number of nitrogens with zero attached hydrogens (tertiary/aromatic N) is 1. The van der Waals surface area contributed by atoms with Gasteiger partial charge in [0.05, 0.1) is 11.6 Å². The van der Waals surface area contributed by atoms with E-state index in [4.69, 9.17) is 10.00 Å². The average Bonchev–Trinajstić information content (AvgIpc) is 3.38. The summed E-state index contributed by atoms with van der Waals surface area (Å²) in [5.41, 5.74) is 1.09. The lowest BCUT2D eigenvalue weighted by molar-refractivity contribution is -0.128. The van der Waals surface area contributed by atoms with Crippen LogP contribution in [0.5, 0.6) is 5.75 Å². The number of rotatable bonds is 5. The van der Waals surface area contributed by atoms with Gasteiger partial charge in [0.1, 0.15) is 11.6 Å². The van der Waals surface area contributed by atoms with Crippen molar-refractivity contribution in [1.82, 2.24) is 5.32 Å². The number of hydrogen-bond acceptors (Lipinski definition) is 3. The molecule has 116 valence electrons. The number of carbonyl (C=O) groups excluding carboxylic acids is 1. The molecule has 2 aromatic rings. The Morgan fingerprint density at radius 2 is 1.83 bits per heavy atom. The number of nitriles is 1. The number of ether oxygens (including phenoxy) is 1. The van der Waals surface area contributed by atoms with Gasteiger partial charge in [-0.3, -0.25) is 4.79 Å². The molecule has 1 aliphatic rings. The summed E-state index contributed by atoms with van der Waals surface area (Å²) in [6.45, 7) is 0. The summed E-state index contributed by atoms with van der Waals surface area (Å²) in [7, 11) is 0. The summed E-state index contributed by atoms with van der Waals surface area (Å²) >= 11 is 0. The molecule has 0 radical (unpaired) electrons. The lowest BCUT2D eigenvalue weighted by atomic mass is 10.1. The maximum Gasteiger partial charge on any atom is 0.266 e. The second kappa shape index (κ2) is 6.49. The molecule has 5 heteroatoms. The van der Waals surface area contributed by atoms with Crippen molar-refractivity contribution in [3.63, 3.8) is 0 Å². The number of amides is 1. The smallest absolute Gasteiger partial charge is 0.266 e. The zero-order valence-electron chi connectivity index (χ0n) is 12.3. The van der Waals surface area contributed by atoms with Crippen molar-refractivity contribution in [3.05, 3.63) is 65.5 Å². The number of carbonyl (C=O) groups is 1. The predicted molar refractivity (Wildman–Crippen MR) is 82.1 cm³/mol. The largest absolute Gasteiger partial charge is 0.476 e. The average molecular weight is 310 g/mol. The normalized spacial score (nSPS) is 14.6. The summed E-state index contributed by atoms with van der Waals surface area (Å²) in [6, 6.07) is 14.4. The summed E-state index contributed by atoms with van der Waals surface area (Å²) in [4.78, 5) is 12.4. The Kier molecular flexibility index (Phi) is 4.24. The summed E-state index contributed by atoms with van der Waals surface area (Å²) in [5, 5.41) is 11.7. The van der Waals surface area contributed by atoms with Gasteiger partial charge in [0.2, 0.25) is 6.10 Å². The molecule has 2 aromatic carbocycles. The molecule has 1 atom stereocenters. The van der Waals surface area contributed by atoms with Crippen LogP contribution in [-0.2, 0) is 4.79 Å². The third kappa shape index (κ3) is 3.86. The minimum atomic E-state index is -0.857. The Bertz CT molecular complexity index is 731. The Balaban J connectivity index is 1.82. The molecule has 1 fully saturated rings. The van der Waals surface area contributed by atoms with Crippen LogP contribution in [-0.4, -0.2) is 11.9 Å². The Morgan fingerprint density at radius 3 is 2.39 bits per heavy atom. The minimum Gasteiger partial charge on any atom is -0.476 e. The van der Waals surface area contributed by atoms with Crippen LogP contribution in [0.1, 0.15) is 30.1 Å². The fraction of sp³-hybridized carbons (Fsp3) is 0.222. The van der Waals surface area contributed by atoms with Crippen molar-refractivity contribution in [2.24, 2.45) is 0 Å². The third-order valence-electron chi connectivity index (χ3n) is 3.57. The molecule has 0 aliphatic heterocycles. The van der Waals surface area contributed by atoms with Gasteiger partial charge in [0.25, 0.3) is 5.91 Å². The summed E-state index contributed by atoms with van der Waals surface area (Å²) in [5.74, 6) is -0.138. The van der Waals surface area contributed by atoms with Crippen LogP contribution in [0, 0.1) is 17.1 Å². The lowest BCUT2D eigenvalue weighted by Gasteiger charge is -2.19. The number of halogens is 1. The fourth-order valence-corrected chi connectivity index (χ4v) is 2.16. The highest BCUT2D eigenvalue weighted by molar-refractivity contribution is 5.83. The van der Waals surface area contributed by atoms with Crippen molar-refractivity contribution >= 4 is 5.91 Å². The van der Waals surface area contributed by atoms with Gasteiger partial charge in [-0.05, 0) is 49.2 Å². The van der Waals surface area contributed by atoms with Gasteiger partial charge in [-0.2, -0.15) is 5.26 Å². The fourth-order valence-electron chi connectivity index (χ4n) is 2.16. The van der Waals surface area contributed by atoms with Gasteiger partial charge in [-0.25, -0.2) is 4.39 Å². The first-order valence-electron chi connectivity index (χ1n) is 7.38. The molecular formula is C18H15FN2O2. The number of benzene rings is 2. The van der Waals surface area contributed by atoms with Crippen LogP contribution < -0.4 is 10.1 Å². The topological polar surface area (TPSA) is 62.1 Å². The highest BCUT2D eigenvalue weighted by Gasteiger charge is 2.29. The van der Waals surface area contributed by atoms with Crippen LogP contribution in [0.4, 0.5) is 4.39 Å². The summed E-state index contributed by atoms with van der Waals surface area (Å²) in [6.07, 6.45) is 1.08. The van der Waals surface area contributed by atoms with Crippen molar-refractivity contribution in [2.45, 2.75) is 25.0 Å². The molecule has 1 saturated carbocycles. The van der Waals surface area contributed by atoms with Gasteiger partial charge < -0.3 is 10.1 Å². The van der Waals surface area contributed by atoms with E-state index in [0.29, 0.717) is 16.9 Å². The molecule has 1 aliphatic carbocycles. The van der Waals surface area contributed by atoms with E-state index in [-0.39, 0.29) is 17.8 Å².